The first kappa shape index (κ1) is 24.5. The Morgan fingerprint density at radius 2 is 2.03 bits per heavy atom. The Kier molecular flexibility index (Phi) is 8.96. The minimum Gasteiger partial charge on any atom is -0.493 e. The standard InChI is InChI=1S/C26H41NO3/c1-7-30-24-17-25(29)27(14-9-15-28)23-18-26(5,6)21(16-22(23)24)13-12-20(4)11-8-10-19(2)3/h10,12,17,21,28H,7-9,11,13-16,18H2,1-6H3/b20-12+. The molecule has 1 N–H and O–H groups in total. The highest BCUT2D eigenvalue weighted by Gasteiger charge is 2.37. The molecule has 0 bridgehead atoms. The minimum absolute atomic E-state index is 0.0186. The van der Waals surface area contributed by atoms with Crippen molar-refractivity contribution < 1.29 is 9.84 Å². The van der Waals surface area contributed by atoms with Crippen LogP contribution in [0.15, 0.2) is 34.2 Å². The molecule has 0 fully saturated rings. The van der Waals surface area contributed by atoms with E-state index in [1.165, 1.54) is 16.7 Å². The largest absolute Gasteiger partial charge is 0.493 e. The van der Waals surface area contributed by atoms with E-state index in [4.69, 9.17) is 4.74 Å². The summed E-state index contributed by atoms with van der Waals surface area (Å²) in [5.41, 5.74) is 5.20. The van der Waals surface area contributed by atoms with Crippen LogP contribution in [0.2, 0.25) is 0 Å². The first-order chi connectivity index (χ1) is 14.2. The molecule has 1 unspecified atom stereocenters. The highest BCUT2D eigenvalue weighted by atomic mass is 16.5. The summed E-state index contributed by atoms with van der Waals surface area (Å²) in [6.45, 7) is 14.4. The quantitative estimate of drug-likeness (QED) is 0.517. The van der Waals surface area contributed by atoms with Gasteiger partial charge in [-0.25, -0.2) is 0 Å². The van der Waals surface area contributed by atoms with Crippen molar-refractivity contribution in [3.05, 3.63) is 51.0 Å². The molecule has 1 aromatic heterocycles. The van der Waals surface area contributed by atoms with Crippen LogP contribution in [0, 0.1) is 11.3 Å². The zero-order valence-electron chi connectivity index (χ0n) is 19.9. The van der Waals surface area contributed by atoms with Gasteiger partial charge >= 0.3 is 0 Å². The number of fused-ring (bicyclic) bond motifs is 1. The fraction of sp³-hybridized carbons (Fsp3) is 0.654. The van der Waals surface area contributed by atoms with Crippen LogP contribution in [0.1, 0.15) is 78.5 Å². The fourth-order valence-corrected chi connectivity index (χ4v) is 4.43. The lowest BCUT2D eigenvalue weighted by Crippen LogP contribution is -2.38. The number of pyridine rings is 1. The molecular weight excluding hydrogens is 374 g/mol. The Labute approximate surface area is 182 Å². The number of hydrogen-bond acceptors (Lipinski definition) is 3. The Hall–Kier alpha value is -1.81. The summed E-state index contributed by atoms with van der Waals surface area (Å²) in [6.07, 6.45) is 10.4. The van der Waals surface area contributed by atoms with Crippen LogP contribution < -0.4 is 10.3 Å². The molecule has 4 heteroatoms. The van der Waals surface area contributed by atoms with Gasteiger partial charge in [-0.15, -0.1) is 0 Å². The van der Waals surface area contributed by atoms with Gasteiger partial charge in [0.1, 0.15) is 5.75 Å². The van der Waals surface area contributed by atoms with Crippen LogP contribution >= 0.6 is 0 Å². The highest BCUT2D eigenvalue weighted by molar-refractivity contribution is 5.40. The van der Waals surface area contributed by atoms with Crippen LogP contribution in [-0.2, 0) is 19.4 Å². The molecule has 0 saturated heterocycles. The maximum absolute atomic E-state index is 12.7. The Morgan fingerprint density at radius 3 is 2.67 bits per heavy atom. The van der Waals surface area contributed by atoms with E-state index in [-0.39, 0.29) is 17.6 Å². The third-order valence-electron chi connectivity index (χ3n) is 6.35. The molecule has 1 aliphatic rings. The minimum atomic E-state index is -0.0186. The van der Waals surface area contributed by atoms with Gasteiger partial charge in [-0.05, 0) is 77.6 Å². The van der Waals surface area contributed by atoms with Crippen molar-refractivity contribution in [2.75, 3.05) is 13.2 Å². The van der Waals surface area contributed by atoms with Crippen molar-refractivity contribution in [2.24, 2.45) is 11.3 Å². The van der Waals surface area contributed by atoms with Crippen molar-refractivity contribution in [3.63, 3.8) is 0 Å². The van der Waals surface area contributed by atoms with Crippen molar-refractivity contribution in [3.8, 4) is 5.75 Å². The molecule has 0 aliphatic heterocycles. The molecule has 0 aromatic carbocycles. The Bertz CT molecular complexity index is 825. The average molecular weight is 416 g/mol. The third kappa shape index (κ3) is 6.34. The average Bonchev–Trinajstić information content (AvgIpc) is 2.65. The Morgan fingerprint density at radius 1 is 1.30 bits per heavy atom. The van der Waals surface area contributed by atoms with Gasteiger partial charge in [0.2, 0.25) is 0 Å². The zero-order chi connectivity index (χ0) is 22.3. The summed E-state index contributed by atoms with van der Waals surface area (Å²) in [6, 6.07) is 1.65. The predicted molar refractivity (Wildman–Crippen MR) is 125 cm³/mol. The van der Waals surface area contributed by atoms with Gasteiger partial charge in [-0.2, -0.15) is 0 Å². The number of hydrogen-bond donors (Lipinski definition) is 1. The van der Waals surface area contributed by atoms with E-state index in [2.05, 4.69) is 46.8 Å². The molecule has 2 rings (SSSR count). The number of rotatable bonds is 10. The number of aliphatic hydroxyl groups excluding tert-OH is 1. The highest BCUT2D eigenvalue weighted by Crippen LogP contribution is 2.44. The maximum Gasteiger partial charge on any atom is 0.254 e. The van der Waals surface area contributed by atoms with Crippen LogP contribution in [0.4, 0.5) is 0 Å². The molecule has 4 nitrogen and oxygen atoms in total. The SMILES string of the molecule is CCOc1cc(=O)n(CCCO)c2c1CC(C/C=C(\C)CCC=C(C)C)C(C)(C)C2. The first-order valence-electron chi connectivity index (χ1n) is 11.5. The van der Waals surface area contributed by atoms with E-state index in [1.54, 1.807) is 6.07 Å². The number of nitrogens with zero attached hydrogens (tertiary/aromatic N) is 1. The number of aromatic nitrogens is 1. The number of aliphatic hydroxyl groups is 1. The summed E-state index contributed by atoms with van der Waals surface area (Å²) < 4.78 is 7.75. The van der Waals surface area contributed by atoms with Crippen molar-refractivity contribution >= 4 is 0 Å². The normalized spacial score (nSPS) is 18.1. The second kappa shape index (κ2) is 11.0. The van der Waals surface area contributed by atoms with Crippen LogP contribution in [0.5, 0.6) is 5.75 Å². The maximum atomic E-state index is 12.7. The molecule has 1 aliphatic carbocycles. The van der Waals surface area contributed by atoms with E-state index in [9.17, 15) is 9.90 Å². The summed E-state index contributed by atoms with van der Waals surface area (Å²) in [5.74, 6) is 1.26. The molecule has 1 heterocycles. The van der Waals surface area contributed by atoms with E-state index >= 15 is 0 Å². The second-order valence-electron chi connectivity index (χ2n) is 9.61. The summed E-state index contributed by atoms with van der Waals surface area (Å²) in [4.78, 5) is 12.7. The van der Waals surface area contributed by atoms with Gasteiger partial charge in [-0.1, -0.05) is 37.1 Å². The molecule has 1 atom stereocenters. The lowest BCUT2D eigenvalue weighted by atomic mass is 9.66. The van der Waals surface area contributed by atoms with E-state index in [1.807, 2.05) is 11.5 Å². The number of allylic oxidation sites excluding steroid dienone is 4. The smallest absolute Gasteiger partial charge is 0.254 e. The van der Waals surface area contributed by atoms with E-state index in [0.717, 1.165) is 43.5 Å². The van der Waals surface area contributed by atoms with Gasteiger partial charge in [0.05, 0.1) is 6.61 Å². The van der Waals surface area contributed by atoms with Gasteiger partial charge in [0.15, 0.2) is 0 Å². The fourth-order valence-electron chi connectivity index (χ4n) is 4.43. The summed E-state index contributed by atoms with van der Waals surface area (Å²) in [7, 11) is 0. The topological polar surface area (TPSA) is 51.5 Å². The van der Waals surface area contributed by atoms with E-state index < -0.39 is 0 Å². The molecule has 0 radical (unpaired) electrons. The first-order valence-corrected chi connectivity index (χ1v) is 11.5. The van der Waals surface area contributed by atoms with Crippen molar-refractivity contribution in [2.45, 2.75) is 86.6 Å². The Balaban J connectivity index is 2.30. The molecule has 168 valence electrons. The van der Waals surface area contributed by atoms with Gasteiger partial charge in [0.25, 0.3) is 5.56 Å². The molecule has 0 saturated carbocycles. The number of ether oxygens (including phenoxy) is 1. The predicted octanol–water partition coefficient (Wildman–Crippen LogP) is 5.45. The lowest BCUT2D eigenvalue weighted by molar-refractivity contribution is 0.182. The summed E-state index contributed by atoms with van der Waals surface area (Å²) in [5, 5.41) is 9.27. The van der Waals surface area contributed by atoms with Crippen LogP contribution in [0.3, 0.4) is 0 Å². The summed E-state index contributed by atoms with van der Waals surface area (Å²) >= 11 is 0. The third-order valence-corrected chi connectivity index (χ3v) is 6.35. The van der Waals surface area contributed by atoms with Gasteiger partial charge in [0, 0.05) is 30.5 Å². The zero-order valence-corrected chi connectivity index (χ0v) is 19.9. The van der Waals surface area contributed by atoms with E-state index in [0.29, 0.717) is 25.5 Å². The lowest BCUT2D eigenvalue weighted by Gasteiger charge is -2.41. The monoisotopic (exact) mass is 415 g/mol. The van der Waals surface area contributed by atoms with Crippen molar-refractivity contribution in [1.82, 2.24) is 4.57 Å². The van der Waals surface area contributed by atoms with Gasteiger partial charge < -0.3 is 14.4 Å². The molecule has 0 spiro atoms. The van der Waals surface area contributed by atoms with Crippen LogP contribution in [-0.4, -0.2) is 22.9 Å². The van der Waals surface area contributed by atoms with Gasteiger partial charge in [-0.3, -0.25) is 4.79 Å². The molecule has 0 amide bonds. The molecular formula is C26H41NO3. The van der Waals surface area contributed by atoms with Crippen LogP contribution in [0.25, 0.3) is 0 Å². The van der Waals surface area contributed by atoms with Crippen molar-refractivity contribution in [1.29, 1.82) is 0 Å². The molecule has 1 aromatic rings. The second-order valence-corrected chi connectivity index (χ2v) is 9.61. The molecule has 30 heavy (non-hydrogen) atoms.